The van der Waals surface area contributed by atoms with E-state index in [1.54, 1.807) is 4.90 Å². The molecule has 0 radical (unpaired) electrons. The molecule has 0 bridgehead atoms. The minimum Gasteiger partial charge on any atom is -0.284 e. The van der Waals surface area contributed by atoms with Gasteiger partial charge in [0.15, 0.2) is 5.13 Å². The topological polar surface area (TPSA) is 33.2 Å². The molecule has 3 nitrogen and oxygen atoms in total. The average molecular weight is 350 g/mol. The first-order valence-electron chi connectivity index (χ1n) is 8.49. The number of hydrogen-bond acceptors (Lipinski definition) is 3. The predicted molar refractivity (Wildman–Crippen MR) is 105 cm³/mol. The minimum atomic E-state index is 0.00616. The van der Waals surface area contributed by atoms with Gasteiger partial charge >= 0.3 is 0 Å². The maximum absolute atomic E-state index is 12.9. The Labute approximate surface area is 153 Å². The van der Waals surface area contributed by atoms with Gasteiger partial charge in [0.1, 0.15) is 0 Å². The lowest BCUT2D eigenvalue weighted by atomic mass is 10.1. The van der Waals surface area contributed by atoms with E-state index in [9.17, 15) is 4.79 Å². The summed E-state index contributed by atoms with van der Waals surface area (Å²) in [5.74, 6) is 0.00616. The van der Waals surface area contributed by atoms with Crippen molar-refractivity contribution in [3.63, 3.8) is 0 Å². The number of anilines is 1. The summed E-state index contributed by atoms with van der Waals surface area (Å²) in [7, 11) is 0. The van der Waals surface area contributed by atoms with E-state index in [1.165, 1.54) is 16.9 Å². The van der Waals surface area contributed by atoms with Gasteiger partial charge in [0.05, 0.1) is 5.69 Å². The van der Waals surface area contributed by atoms with Crippen molar-refractivity contribution in [1.29, 1.82) is 0 Å². The number of aryl methyl sites for hydroxylation is 2. The highest BCUT2D eigenvalue weighted by molar-refractivity contribution is 7.14. The zero-order valence-electron chi connectivity index (χ0n) is 14.8. The van der Waals surface area contributed by atoms with Gasteiger partial charge < -0.3 is 0 Å². The Hall–Kier alpha value is -2.46. The van der Waals surface area contributed by atoms with Crippen LogP contribution in [-0.4, -0.2) is 17.4 Å². The van der Waals surface area contributed by atoms with Gasteiger partial charge in [0.2, 0.25) is 0 Å². The van der Waals surface area contributed by atoms with Gasteiger partial charge in [-0.15, -0.1) is 11.3 Å². The van der Waals surface area contributed by atoms with Crippen LogP contribution in [0.3, 0.4) is 0 Å². The van der Waals surface area contributed by atoms with Gasteiger partial charge in [0.25, 0.3) is 5.91 Å². The summed E-state index contributed by atoms with van der Waals surface area (Å²) in [5.41, 5.74) is 5.06. The molecule has 0 atom stereocenters. The molecule has 3 rings (SSSR count). The molecule has 0 aliphatic carbocycles. The number of hydrogen-bond donors (Lipinski definition) is 0. The third-order valence-electron chi connectivity index (χ3n) is 4.06. The standard InChI is InChI=1S/C21H22N2OS/c1-4-13-23(20(24)18-11-7-16(3)8-12-18)21-22-19(14-25-21)17-9-5-15(2)6-10-17/h5-12,14H,4,13H2,1-3H3. The zero-order valence-corrected chi connectivity index (χ0v) is 15.6. The largest absolute Gasteiger partial charge is 0.284 e. The number of carbonyl (C=O) groups excluding carboxylic acids is 1. The smallest absolute Gasteiger partial charge is 0.260 e. The molecule has 3 aromatic rings. The van der Waals surface area contributed by atoms with Crippen molar-refractivity contribution in [2.45, 2.75) is 27.2 Å². The molecule has 0 unspecified atom stereocenters. The average Bonchev–Trinajstić information content (AvgIpc) is 3.10. The maximum Gasteiger partial charge on any atom is 0.260 e. The SMILES string of the molecule is CCCN(C(=O)c1ccc(C)cc1)c1nc(-c2ccc(C)cc2)cs1. The van der Waals surface area contributed by atoms with Gasteiger partial charge in [-0.25, -0.2) is 4.98 Å². The van der Waals surface area contributed by atoms with Crippen LogP contribution in [0, 0.1) is 13.8 Å². The monoisotopic (exact) mass is 350 g/mol. The van der Waals surface area contributed by atoms with Crippen molar-refractivity contribution >= 4 is 22.4 Å². The Balaban J connectivity index is 1.89. The molecule has 25 heavy (non-hydrogen) atoms. The molecular weight excluding hydrogens is 328 g/mol. The number of nitrogens with zero attached hydrogens (tertiary/aromatic N) is 2. The number of carbonyl (C=O) groups is 1. The molecule has 0 N–H and O–H groups in total. The van der Waals surface area contributed by atoms with Crippen molar-refractivity contribution in [3.8, 4) is 11.3 Å². The predicted octanol–water partition coefficient (Wildman–Crippen LogP) is 5.48. The normalized spacial score (nSPS) is 10.7. The van der Waals surface area contributed by atoms with Crippen molar-refractivity contribution in [2.24, 2.45) is 0 Å². The lowest BCUT2D eigenvalue weighted by Gasteiger charge is -2.19. The van der Waals surface area contributed by atoms with E-state index in [0.717, 1.165) is 28.4 Å². The van der Waals surface area contributed by atoms with Crippen molar-refractivity contribution in [3.05, 3.63) is 70.6 Å². The van der Waals surface area contributed by atoms with Crippen LogP contribution in [0.4, 0.5) is 5.13 Å². The van der Waals surface area contributed by atoms with Gasteiger partial charge in [-0.2, -0.15) is 0 Å². The Morgan fingerprint density at radius 2 is 1.60 bits per heavy atom. The van der Waals surface area contributed by atoms with E-state index >= 15 is 0 Å². The van der Waals surface area contributed by atoms with Crippen LogP contribution >= 0.6 is 11.3 Å². The summed E-state index contributed by atoms with van der Waals surface area (Å²) >= 11 is 1.52. The van der Waals surface area contributed by atoms with E-state index in [4.69, 9.17) is 4.98 Å². The van der Waals surface area contributed by atoms with E-state index in [0.29, 0.717) is 12.1 Å². The molecule has 0 fully saturated rings. The van der Waals surface area contributed by atoms with Gasteiger partial charge in [-0.3, -0.25) is 9.69 Å². The fourth-order valence-electron chi connectivity index (χ4n) is 2.60. The fraction of sp³-hybridized carbons (Fsp3) is 0.238. The molecule has 0 saturated heterocycles. The van der Waals surface area contributed by atoms with Crippen molar-refractivity contribution in [1.82, 2.24) is 4.98 Å². The third kappa shape index (κ3) is 3.97. The lowest BCUT2D eigenvalue weighted by Crippen LogP contribution is -2.31. The van der Waals surface area contributed by atoms with Crippen LogP contribution in [0.5, 0.6) is 0 Å². The highest BCUT2D eigenvalue weighted by Gasteiger charge is 2.20. The molecule has 0 saturated carbocycles. The molecule has 2 aromatic carbocycles. The maximum atomic E-state index is 12.9. The number of aromatic nitrogens is 1. The Kier molecular flexibility index (Phi) is 5.29. The summed E-state index contributed by atoms with van der Waals surface area (Å²) in [6.07, 6.45) is 0.886. The highest BCUT2D eigenvalue weighted by atomic mass is 32.1. The second-order valence-electron chi connectivity index (χ2n) is 6.20. The first-order chi connectivity index (χ1) is 12.1. The molecule has 0 aliphatic rings. The minimum absolute atomic E-state index is 0.00616. The van der Waals surface area contributed by atoms with Crippen LogP contribution in [0.25, 0.3) is 11.3 Å². The highest BCUT2D eigenvalue weighted by Crippen LogP contribution is 2.28. The van der Waals surface area contributed by atoms with Crippen LogP contribution in [0.2, 0.25) is 0 Å². The second kappa shape index (κ2) is 7.62. The van der Waals surface area contributed by atoms with Crippen LogP contribution in [0.1, 0.15) is 34.8 Å². The fourth-order valence-corrected chi connectivity index (χ4v) is 3.46. The Morgan fingerprint density at radius 1 is 1.00 bits per heavy atom. The molecule has 0 spiro atoms. The molecule has 1 amide bonds. The van der Waals surface area contributed by atoms with Crippen molar-refractivity contribution < 1.29 is 4.79 Å². The molecule has 1 heterocycles. The molecule has 128 valence electrons. The van der Waals surface area contributed by atoms with E-state index in [-0.39, 0.29) is 5.91 Å². The Morgan fingerprint density at radius 3 is 2.20 bits per heavy atom. The molecule has 0 aliphatic heterocycles. The lowest BCUT2D eigenvalue weighted by molar-refractivity contribution is 0.0987. The second-order valence-corrected chi connectivity index (χ2v) is 7.04. The van der Waals surface area contributed by atoms with Gasteiger partial charge in [-0.05, 0) is 32.4 Å². The van der Waals surface area contributed by atoms with Crippen LogP contribution in [-0.2, 0) is 0 Å². The molecule has 1 aromatic heterocycles. The molecular formula is C21H22N2OS. The first kappa shape index (κ1) is 17.4. The quantitative estimate of drug-likeness (QED) is 0.610. The Bertz CT molecular complexity index is 850. The third-order valence-corrected chi connectivity index (χ3v) is 4.92. The summed E-state index contributed by atoms with van der Waals surface area (Å²) in [6.45, 7) is 6.82. The number of amides is 1. The number of thiazole rings is 1. The summed E-state index contributed by atoms with van der Waals surface area (Å²) in [4.78, 5) is 19.4. The van der Waals surface area contributed by atoms with Crippen LogP contribution in [0.15, 0.2) is 53.9 Å². The van der Waals surface area contributed by atoms with Crippen LogP contribution < -0.4 is 4.90 Å². The number of benzene rings is 2. The summed E-state index contributed by atoms with van der Waals surface area (Å²) in [6, 6.07) is 16.0. The van der Waals surface area contributed by atoms with E-state index < -0.39 is 0 Å². The molecule has 4 heteroatoms. The van der Waals surface area contributed by atoms with Crippen molar-refractivity contribution in [2.75, 3.05) is 11.4 Å². The van der Waals surface area contributed by atoms with E-state index in [1.807, 2.05) is 36.6 Å². The zero-order chi connectivity index (χ0) is 17.8. The first-order valence-corrected chi connectivity index (χ1v) is 9.37. The van der Waals surface area contributed by atoms with Gasteiger partial charge in [0, 0.05) is 23.1 Å². The summed E-state index contributed by atoms with van der Waals surface area (Å²) < 4.78 is 0. The van der Waals surface area contributed by atoms with E-state index in [2.05, 4.69) is 38.1 Å². The van der Waals surface area contributed by atoms with Gasteiger partial charge in [-0.1, -0.05) is 54.4 Å². The summed E-state index contributed by atoms with van der Waals surface area (Å²) in [5, 5.41) is 2.77. The number of rotatable bonds is 5.